The summed E-state index contributed by atoms with van der Waals surface area (Å²) in [5.74, 6) is 1.72. The van der Waals surface area contributed by atoms with Crippen molar-refractivity contribution >= 4 is 17.7 Å². The molecule has 4 bridgehead atoms. The van der Waals surface area contributed by atoms with E-state index in [1.165, 1.54) is 26.4 Å². The summed E-state index contributed by atoms with van der Waals surface area (Å²) in [5, 5.41) is 2.84. The molecule has 122 valence electrons. The summed E-state index contributed by atoms with van der Waals surface area (Å²) in [5.41, 5.74) is -0.211. The molecule has 4 fully saturated rings. The summed E-state index contributed by atoms with van der Waals surface area (Å²) in [6.45, 7) is 0.0393. The van der Waals surface area contributed by atoms with E-state index >= 15 is 0 Å². The quantitative estimate of drug-likeness (QED) is 0.760. The normalized spacial score (nSPS) is 35.2. The number of rotatable bonds is 6. The van der Waals surface area contributed by atoms with Crippen molar-refractivity contribution in [2.75, 3.05) is 13.7 Å². The highest BCUT2D eigenvalue weighted by molar-refractivity contribution is 5.90. The number of amides is 1. The van der Waals surface area contributed by atoms with Crippen LogP contribution in [-0.2, 0) is 19.1 Å². The van der Waals surface area contributed by atoms with Crippen molar-refractivity contribution in [1.82, 2.24) is 5.32 Å². The van der Waals surface area contributed by atoms with E-state index in [1.54, 1.807) is 0 Å². The van der Waals surface area contributed by atoms with Gasteiger partial charge in [-0.1, -0.05) is 0 Å². The lowest BCUT2D eigenvalue weighted by molar-refractivity contribution is -0.147. The molecule has 4 saturated carbocycles. The van der Waals surface area contributed by atoms with Crippen molar-refractivity contribution in [1.29, 1.82) is 0 Å². The van der Waals surface area contributed by atoms with Crippen LogP contribution in [-0.4, -0.2) is 31.3 Å². The molecule has 0 aromatic heterocycles. The Balaban J connectivity index is 1.50. The molecule has 0 radical (unpaired) electrons. The number of ketones is 1. The number of nitrogens with one attached hydrogen (secondary N) is 1. The molecule has 5 nitrogen and oxygen atoms in total. The smallest absolute Gasteiger partial charge is 0.305 e. The van der Waals surface area contributed by atoms with Gasteiger partial charge in [0, 0.05) is 11.8 Å². The van der Waals surface area contributed by atoms with Gasteiger partial charge in [-0.05, 0) is 56.3 Å². The SMILES string of the molecule is COC(=O)CCC(=O)CNC(=O)C12CC3CC(CC(C3)C1)C2. The minimum Gasteiger partial charge on any atom is -0.469 e. The lowest BCUT2D eigenvalue weighted by Gasteiger charge is -2.55. The van der Waals surface area contributed by atoms with Crippen molar-refractivity contribution in [3.8, 4) is 0 Å². The fraction of sp³-hybridized carbons (Fsp3) is 0.824. The largest absolute Gasteiger partial charge is 0.469 e. The predicted octanol–water partition coefficient (Wildman–Crippen LogP) is 1.84. The molecule has 0 unspecified atom stereocenters. The number of carbonyl (C=O) groups excluding carboxylic acids is 3. The maximum Gasteiger partial charge on any atom is 0.305 e. The Morgan fingerprint density at radius 3 is 2.05 bits per heavy atom. The summed E-state index contributed by atoms with van der Waals surface area (Å²) < 4.78 is 4.51. The van der Waals surface area contributed by atoms with Crippen LogP contribution in [0.1, 0.15) is 51.4 Å². The van der Waals surface area contributed by atoms with Crippen molar-refractivity contribution in [3.05, 3.63) is 0 Å². The zero-order valence-corrected chi connectivity index (χ0v) is 13.2. The van der Waals surface area contributed by atoms with Gasteiger partial charge in [-0.15, -0.1) is 0 Å². The van der Waals surface area contributed by atoms with E-state index in [0.717, 1.165) is 19.3 Å². The molecule has 0 aromatic carbocycles. The van der Waals surface area contributed by atoms with E-state index in [1.807, 2.05) is 0 Å². The van der Waals surface area contributed by atoms with E-state index in [2.05, 4.69) is 10.1 Å². The molecule has 5 heteroatoms. The minimum absolute atomic E-state index is 0.0393. The zero-order chi connectivity index (χ0) is 15.7. The second kappa shape index (κ2) is 6.01. The van der Waals surface area contributed by atoms with Gasteiger partial charge in [0.1, 0.15) is 0 Å². The molecule has 0 spiro atoms. The van der Waals surface area contributed by atoms with Gasteiger partial charge >= 0.3 is 5.97 Å². The zero-order valence-electron chi connectivity index (χ0n) is 13.2. The predicted molar refractivity (Wildman–Crippen MR) is 79.9 cm³/mol. The van der Waals surface area contributed by atoms with E-state index < -0.39 is 0 Å². The monoisotopic (exact) mass is 307 g/mol. The molecule has 22 heavy (non-hydrogen) atoms. The molecule has 4 rings (SSSR count). The van der Waals surface area contributed by atoms with Gasteiger partial charge in [-0.25, -0.2) is 0 Å². The Morgan fingerprint density at radius 1 is 1.00 bits per heavy atom. The molecule has 0 heterocycles. The first-order valence-electron chi connectivity index (χ1n) is 8.37. The lowest BCUT2D eigenvalue weighted by Crippen LogP contribution is -2.54. The van der Waals surface area contributed by atoms with Crippen LogP contribution < -0.4 is 5.32 Å². The van der Waals surface area contributed by atoms with Crippen molar-refractivity contribution in [3.63, 3.8) is 0 Å². The maximum absolute atomic E-state index is 12.6. The average molecular weight is 307 g/mol. The van der Waals surface area contributed by atoms with Gasteiger partial charge in [-0.2, -0.15) is 0 Å². The molecule has 1 amide bonds. The maximum atomic E-state index is 12.6. The molecular weight excluding hydrogens is 282 g/mol. The van der Waals surface area contributed by atoms with Gasteiger partial charge in [0.15, 0.2) is 5.78 Å². The molecule has 4 aliphatic rings. The van der Waals surface area contributed by atoms with Crippen LogP contribution >= 0.6 is 0 Å². The van der Waals surface area contributed by atoms with Crippen molar-refractivity contribution in [2.24, 2.45) is 23.2 Å². The summed E-state index contributed by atoms with van der Waals surface area (Å²) >= 11 is 0. The molecule has 0 atom stereocenters. The average Bonchev–Trinajstić information content (AvgIpc) is 2.48. The van der Waals surface area contributed by atoms with Crippen LogP contribution in [0.3, 0.4) is 0 Å². The molecule has 0 saturated heterocycles. The lowest BCUT2D eigenvalue weighted by atomic mass is 9.49. The Bertz CT molecular complexity index is 450. The number of carbonyl (C=O) groups is 3. The number of hydrogen-bond donors (Lipinski definition) is 1. The van der Waals surface area contributed by atoms with E-state index in [9.17, 15) is 14.4 Å². The van der Waals surface area contributed by atoms with Crippen LogP contribution in [0.15, 0.2) is 0 Å². The fourth-order valence-electron chi connectivity index (χ4n) is 5.19. The molecule has 1 N–H and O–H groups in total. The van der Waals surface area contributed by atoms with Crippen LogP contribution in [0.4, 0.5) is 0 Å². The summed E-state index contributed by atoms with van der Waals surface area (Å²) in [6.07, 6.45) is 7.11. The Morgan fingerprint density at radius 2 is 1.55 bits per heavy atom. The number of methoxy groups -OCH3 is 1. The van der Waals surface area contributed by atoms with Gasteiger partial charge in [0.25, 0.3) is 0 Å². The van der Waals surface area contributed by atoms with Crippen LogP contribution in [0.5, 0.6) is 0 Å². The number of hydrogen-bond acceptors (Lipinski definition) is 4. The first kappa shape index (κ1) is 15.5. The van der Waals surface area contributed by atoms with Crippen LogP contribution in [0.2, 0.25) is 0 Å². The second-order valence-electron chi connectivity index (χ2n) is 7.50. The number of Topliss-reactive ketones (excluding diaryl/α,β-unsaturated/α-hetero) is 1. The molecule has 0 aliphatic heterocycles. The highest BCUT2D eigenvalue weighted by Crippen LogP contribution is 2.60. The fourth-order valence-corrected chi connectivity index (χ4v) is 5.19. The minimum atomic E-state index is -0.388. The van der Waals surface area contributed by atoms with E-state index in [-0.39, 0.29) is 42.5 Å². The topological polar surface area (TPSA) is 72.5 Å². The third-order valence-electron chi connectivity index (χ3n) is 5.80. The van der Waals surface area contributed by atoms with E-state index in [0.29, 0.717) is 17.8 Å². The van der Waals surface area contributed by atoms with Gasteiger partial charge in [0.05, 0.1) is 20.1 Å². The van der Waals surface area contributed by atoms with Crippen LogP contribution in [0.25, 0.3) is 0 Å². The highest BCUT2D eigenvalue weighted by atomic mass is 16.5. The second-order valence-corrected chi connectivity index (χ2v) is 7.50. The van der Waals surface area contributed by atoms with Crippen molar-refractivity contribution in [2.45, 2.75) is 51.4 Å². The Kier molecular flexibility index (Phi) is 4.24. The first-order chi connectivity index (χ1) is 10.5. The standard InChI is InChI=1S/C17H25NO4/c1-22-15(20)3-2-14(19)10-18-16(21)17-7-11-4-12(8-17)6-13(5-11)9-17/h11-13H,2-10H2,1H3,(H,18,21). The molecule has 0 aromatic rings. The Labute approximate surface area is 131 Å². The van der Waals surface area contributed by atoms with Gasteiger partial charge in [-0.3, -0.25) is 14.4 Å². The van der Waals surface area contributed by atoms with Gasteiger partial charge in [0.2, 0.25) is 5.91 Å². The first-order valence-corrected chi connectivity index (χ1v) is 8.37. The summed E-state index contributed by atoms with van der Waals surface area (Å²) in [7, 11) is 1.31. The van der Waals surface area contributed by atoms with Crippen LogP contribution in [0, 0.1) is 23.2 Å². The number of ether oxygens (including phenoxy) is 1. The van der Waals surface area contributed by atoms with Crippen molar-refractivity contribution < 1.29 is 19.1 Å². The summed E-state index contributed by atoms with van der Waals surface area (Å²) in [6, 6.07) is 0. The van der Waals surface area contributed by atoms with E-state index in [4.69, 9.17) is 0 Å². The number of esters is 1. The third-order valence-corrected chi connectivity index (χ3v) is 5.80. The summed E-state index contributed by atoms with van der Waals surface area (Å²) in [4.78, 5) is 35.4. The highest BCUT2D eigenvalue weighted by Gasteiger charge is 2.54. The molecular formula is C17H25NO4. The molecule has 4 aliphatic carbocycles. The van der Waals surface area contributed by atoms with Gasteiger partial charge < -0.3 is 10.1 Å². The Hall–Kier alpha value is -1.39. The third kappa shape index (κ3) is 3.03.